The number of nitro benzene ring substituents is 1. The highest BCUT2D eigenvalue weighted by molar-refractivity contribution is 7.89. The molecule has 0 saturated carbocycles. The Labute approximate surface area is 161 Å². The summed E-state index contributed by atoms with van der Waals surface area (Å²) in [5.74, 6) is 0.0626. The third-order valence-corrected chi connectivity index (χ3v) is 5.94. The summed E-state index contributed by atoms with van der Waals surface area (Å²) in [6.07, 6.45) is 1.38. The molecule has 1 heterocycles. The van der Waals surface area contributed by atoms with Crippen LogP contribution in [0.1, 0.15) is 5.56 Å². The number of aromatic hydroxyl groups is 1. The van der Waals surface area contributed by atoms with E-state index >= 15 is 0 Å². The van der Waals surface area contributed by atoms with Crippen LogP contribution in [0.4, 0.5) is 11.4 Å². The maximum Gasteiger partial charge on any atom is 0.295 e. The number of anilines is 1. The fraction of sp³-hybridized carbons (Fsp3) is 0.235. The normalized spacial score (nSPS) is 15.6. The average Bonchev–Trinajstić information content (AvgIpc) is 2.68. The Morgan fingerprint density at radius 1 is 1.21 bits per heavy atom. The molecule has 0 spiro atoms. The molecule has 1 saturated heterocycles. The number of benzene rings is 2. The van der Waals surface area contributed by atoms with Crippen molar-refractivity contribution in [2.75, 3.05) is 31.7 Å². The zero-order valence-electron chi connectivity index (χ0n) is 14.7. The van der Waals surface area contributed by atoms with Gasteiger partial charge in [-0.25, -0.2) is 8.42 Å². The van der Waals surface area contributed by atoms with E-state index in [2.05, 4.69) is 10.5 Å². The molecule has 0 unspecified atom stereocenters. The van der Waals surface area contributed by atoms with Crippen molar-refractivity contribution < 1.29 is 23.2 Å². The Kier molecular flexibility index (Phi) is 5.87. The van der Waals surface area contributed by atoms with E-state index in [-0.39, 0.29) is 42.6 Å². The van der Waals surface area contributed by atoms with Crippen molar-refractivity contribution in [3.63, 3.8) is 0 Å². The summed E-state index contributed by atoms with van der Waals surface area (Å²) in [5, 5.41) is 24.7. The summed E-state index contributed by atoms with van der Waals surface area (Å²) in [7, 11) is -3.85. The van der Waals surface area contributed by atoms with E-state index in [0.717, 1.165) is 6.07 Å². The van der Waals surface area contributed by atoms with E-state index < -0.39 is 20.6 Å². The number of nitrogens with one attached hydrogen (secondary N) is 1. The first-order valence-corrected chi connectivity index (χ1v) is 9.76. The number of hydrogen-bond acceptors (Lipinski definition) is 8. The monoisotopic (exact) mass is 406 g/mol. The van der Waals surface area contributed by atoms with Crippen LogP contribution in [0.5, 0.6) is 5.75 Å². The van der Waals surface area contributed by atoms with Gasteiger partial charge in [0.15, 0.2) is 0 Å². The molecule has 11 heteroatoms. The standard InChI is InChI=1S/C17H18N4O6S/c22-14-3-1-2-13(10-14)12-18-19-16-5-4-15(11-17(16)21(23)24)28(25,26)20-6-8-27-9-7-20/h1-5,10-12,19,22H,6-9H2. The minimum Gasteiger partial charge on any atom is -0.508 e. The van der Waals surface area contributed by atoms with Gasteiger partial charge in [-0.2, -0.15) is 9.41 Å². The van der Waals surface area contributed by atoms with Gasteiger partial charge in [0.2, 0.25) is 10.0 Å². The van der Waals surface area contributed by atoms with Crippen LogP contribution in [0, 0.1) is 10.1 Å². The summed E-state index contributed by atoms with van der Waals surface area (Å²) in [5.41, 5.74) is 2.75. The lowest BCUT2D eigenvalue weighted by atomic mass is 10.2. The van der Waals surface area contributed by atoms with Crippen LogP contribution in [-0.4, -0.2) is 55.3 Å². The van der Waals surface area contributed by atoms with Crippen molar-refractivity contribution >= 4 is 27.6 Å². The molecule has 0 bridgehead atoms. The molecular formula is C17H18N4O6S. The van der Waals surface area contributed by atoms with E-state index in [9.17, 15) is 23.6 Å². The van der Waals surface area contributed by atoms with Gasteiger partial charge >= 0.3 is 0 Å². The third kappa shape index (κ3) is 4.44. The summed E-state index contributed by atoms with van der Waals surface area (Å²) in [6, 6.07) is 9.90. The largest absolute Gasteiger partial charge is 0.508 e. The predicted molar refractivity (Wildman–Crippen MR) is 102 cm³/mol. The van der Waals surface area contributed by atoms with Crippen LogP contribution in [0.2, 0.25) is 0 Å². The molecule has 10 nitrogen and oxygen atoms in total. The maximum atomic E-state index is 12.7. The average molecular weight is 406 g/mol. The van der Waals surface area contributed by atoms with E-state index in [1.165, 1.54) is 34.8 Å². The van der Waals surface area contributed by atoms with Gasteiger partial charge in [0, 0.05) is 19.2 Å². The highest BCUT2D eigenvalue weighted by Crippen LogP contribution is 2.29. The second-order valence-electron chi connectivity index (χ2n) is 5.92. The highest BCUT2D eigenvalue weighted by Gasteiger charge is 2.28. The van der Waals surface area contributed by atoms with Crippen molar-refractivity contribution in [2.45, 2.75) is 4.90 Å². The summed E-state index contributed by atoms with van der Waals surface area (Å²) < 4.78 is 31.7. The lowest BCUT2D eigenvalue weighted by Crippen LogP contribution is -2.40. The quantitative estimate of drug-likeness (QED) is 0.424. The van der Waals surface area contributed by atoms with Gasteiger partial charge in [0.1, 0.15) is 11.4 Å². The Hall–Kier alpha value is -3.02. The van der Waals surface area contributed by atoms with Gasteiger partial charge in [0.25, 0.3) is 5.69 Å². The number of rotatable bonds is 6. The zero-order valence-corrected chi connectivity index (χ0v) is 15.5. The topological polar surface area (TPSA) is 134 Å². The second-order valence-corrected chi connectivity index (χ2v) is 7.86. The molecule has 0 aromatic heterocycles. The highest BCUT2D eigenvalue weighted by atomic mass is 32.2. The van der Waals surface area contributed by atoms with Gasteiger partial charge in [-0.15, -0.1) is 0 Å². The van der Waals surface area contributed by atoms with Crippen LogP contribution in [0.15, 0.2) is 52.5 Å². The van der Waals surface area contributed by atoms with E-state index in [1.807, 2.05) is 0 Å². The minimum atomic E-state index is -3.85. The fourth-order valence-corrected chi connectivity index (χ4v) is 4.06. The summed E-state index contributed by atoms with van der Waals surface area (Å²) in [6.45, 7) is 0.962. The number of phenols is 1. The summed E-state index contributed by atoms with van der Waals surface area (Å²) >= 11 is 0. The molecule has 0 radical (unpaired) electrons. The van der Waals surface area contributed by atoms with Gasteiger partial charge in [-0.05, 0) is 29.8 Å². The van der Waals surface area contributed by atoms with Gasteiger partial charge in [0.05, 0.1) is 29.2 Å². The van der Waals surface area contributed by atoms with Crippen molar-refractivity contribution in [2.24, 2.45) is 5.10 Å². The van der Waals surface area contributed by atoms with Crippen molar-refractivity contribution in [1.82, 2.24) is 4.31 Å². The molecule has 148 valence electrons. The van der Waals surface area contributed by atoms with E-state index in [1.54, 1.807) is 12.1 Å². The van der Waals surface area contributed by atoms with Crippen LogP contribution in [-0.2, 0) is 14.8 Å². The molecule has 1 aliphatic heterocycles. The Morgan fingerprint density at radius 2 is 1.96 bits per heavy atom. The number of morpholine rings is 1. The van der Waals surface area contributed by atoms with Gasteiger partial charge in [-0.1, -0.05) is 12.1 Å². The molecule has 28 heavy (non-hydrogen) atoms. The third-order valence-electron chi connectivity index (χ3n) is 4.04. The molecule has 2 aromatic rings. The first-order valence-electron chi connectivity index (χ1n) is 8.32. The Bertz CT molecular complexity index is 1000. The van der Waals surface area contributed by atoms with Gasteiger partial charge in [-0.3, -0.25) is 15.5 Å². The van der Waals surface area contributed by atoms with Crippen LogP contribution in [0.3, 0.4) is 0 Å². The molecule has 1 aliphatic rings. The van der Waals surface area contributed by atoms with Crippen molar-refractivity contribution in [3.05, 3.63) is 58.1 Å². The lowest BCUT2D eigenvalue weighted by Gasteiger charge is -2.26. The van der Waals surface area contributed by atoms with Crippen LogP contribution >= 0.6 is 0 Å². The molecule has 0 atom stereocenters. The number of phenolic OH excluding ortho intramolecular Hbond substituents is 1. The van der Waals surface area contributed by atoms with Crippen LogP contribution in [0.25, 0.3) is 0 Å². The first-order chi connectivity index (χ1) is 13.4. The number of ether oxygens (including phenoxy) is 1. The number of sulfonamides is 1. The first kappa shape index (κ1) is 19.7. The lowest BCUT2D eigenvalue weighted by molar-refractivity contribution is -0.384. The van der Waals surface area contributed by atoms with Crippen molar-refractivity contribution in [1.29, 1.82) is 0 Å². The smallest absolute Gasteiger partial charge is 0.295 e. The molecule has 1 fully saturated rings. The number of nitro groups is 1. The number of hydrazone groups is 1. The second kappa shape index (κ2) is 8.33. The van der Waals surface area contributed by atoms with E-state index in [4.69, 9.17) is 4.74 Å². The van der Waals surface area contributed by atoms with E-state index in [0.29, 0.717) is 5.56 Å². The van der Waals surface area contributed by atoms with Crippen molar-refractivity contribution in [3.8, 4) is 5.75 Å². The molecule has 0 amide bonds. The molecule has 2 N–H and O–H groups in total. The molecule has 0 aliphatic carbocycles. The number of hydrogen-bond donors (Lipinski definition) is 2. The van der Waals surface area contributed by atoms with Crippen LogP contribution < -0.4 is 5.43 Å². The molecule has 3 rings (SSSR count). The minimum absolute atomic E-state index is 0.0438. The van der Waals surface area contributed by atoms with Gasteiger partial charge < -0.3 is 9.84 Å². The Balaban J connectivity index is 1.84. The molecule has 2 aromatic carbocycles. The predicted octanol–water partition coefficient (Wildman–Crippen LogP) is 1.77. The SMILES string of the molecule is O=[N+]([O-])c1cc(S(=O)(=O)N2CCOCC2)ccc1NN=Cc1cccc(O)c1. The fourth-order valence-electron chi connectivity index (χ4n) is 2.63. The molecular weight excluding hydrogens is 388 g/mol. The maximum absolute atomic E-state index is 12.7. The number of nitrogens with zero attached hydrogens (tertiary/aromatic N) is 3. The summed E-state index contributed by atoms with van der Waals surface area (Å²) in [4.78, 5) is 10.6. The zero-order chi connectivity index (χ0) is 20.1. The Morgan fingerprint density at radius 3 is 2.64 bits per heavy atom.